The first kappa shape index (κ1) is 14.0. The van der Waals surface area contributed by atoms with Gasteiger partial charge >= 0.3 is 0 Å². The first-order chi connectivity index (χ1) is 8.52. The highest BCUT2D eigenvalue weighted by atomic mass is 32.2. The van der Waals surface area contributed by atoms with Crippen molar-refractivity contribution in [2.75, 3.05) is 5.75 Å². The minimum atomic E-state index is 0.0220. The molecule has 0 spiro atoms. The lowest BCUT2D eigenvalue weighted by atomic mass is 10.2. The van der Waals surface area contributed by atoms with Gasteiger partial charge in [-0.1, -0.05) is 20.8 Å². The standard InChI is InChI=1S/C13H20N2OS2/c1-5-10-7(2)13(16)15-12(14-10)11-6-17-8(3)9(4)18-11/h8-9,11H,5-6H2,1-4H3,(H,14,15,16). The summed E-state index contributed by atoms with van der Waals surface area (Å²) in [7, 11) is 0. The van der Waals surface area contributed by atoms with Crippen molar-refractivity contribution in [2.24, 2.45) is 0 Å². The lowest BCUT2D eigenvalue weighted by Crippen LogP contribution is -2.26. The predicted octanol–water partition coefficient (Wildman–Crippen LogP) is 2.94. The number of aromatic nitrogens is 2. The highest BCUT2D eigenvalue weighted by Gasteiger charge is 2.28. The third-order valence-electron chi connectivity index (χ3n) is 3.46. The van der Waals surface area contributed by atoms with Crippen molar-refractivity contribution >= 4 is 23.5 Å². The molecule has 2 rings (SSSR count). The summed E-state index contributed by atoms with van der Waals surface area (Å²) in [5.74, 6) is 1.89. The molecule has 0 amide bonds. The highest BCUT2D eigenvalue weighted by molar-refractivity contribution is 8.07. The van der Waals surface area contributed by atoms with Gasteiger partial charge in [0.1, 0.15) is 5.82 Å². The van der Waals surface area contributed by atoms with Crippen molar-refractivity contribution in [1.29, 1.82) is 0 Å². The van der Waals surface area contributed by atoms with Crippen LogP contribution in [0.4, 0.5) is 0 Å². The van der Waals surface area contributed by atoms with Gasteiger partial charge in [0.25, 0.3) is 5.56 Å². The Morgan fingerprint density at radius 2 is 2.11 bits per heavy atom. The molecule has 2 heterocycles. The van der Waals surface area contributed by atoms with Crippen LogP contribution in [-0.4, -0.2) is 26.2 Å². The Labute approximate surface area is 117 Å². The molecule has 1 aromatic heterocycles. The molecule has 3 nitrogen and oxygen atoms in total. The molecular formula is C13H20N2OS2. The van der Waals surface area contributed by atoms with E-state index in [1.165, 1.54) is 0 Å². The van der Waals surface area contributed by atoms with E-state index in [2.05, 4.69) is 23.8 Å². The van der Waals surface area contributed by atoms with Gasteiger partial charge in [0.15, 0.2) is 0 Å². The summed E-state index contributed by atoms with van der Waals surface area (Å²) in [6, 6.07) is 0. The summed E-state index contributed by atoms with van der Waals surface area (Å²) in [5.41, 5.74) is 1.72. The van der Waals surface area contributed by atoms with Gasteiger partial charge in [0.05, 0.1) is 10.9 Å². The van der Waals surface area contributed by atoms with E-state index in [1.807, 2.05) is 37.4 Å². The van der Waals surface area contributed by atoms with Gasteiger partial charge in [-0.3, -0.25) is 4.79 Å². The van der Waals surface area contributed by atoms with Crippen LogP contribution in [-0.2, 0) is 6.42 Å². The fourth-order valence-electron chi connectivity index (χ4n) is 2.02. The van der Waals surface area contributed by atoms with Crippen LogP contribution in [0.25, 0.3) is 0 Å². The third kappa shape index (κ3) is 2.77. The molecule has 1 saturated heterocycles. The van der Waals surface area contributed by atoms with E-state index >= 15 is 0 Å². The quantitative estimate of drug-likeness (QED) is 0.907. The lowest BCUT2D eigenvalue weighted by molar-refractivity contribution is 0.822. The summed E-state index contributed by atoms with van der Waals surface area (Å²) >= 11 is 3.90. The summed E-state index contributed by atoms with van der Waals surface area (Å²) in [5, 5.41) is 1.60. The maximum absolute atomic E-state index is 11.9. The van der Waals surface area contributed by atoms with E-state index in [1.54, 1.807) is 0 Å². The Morgan fingerprint density at radius 1 is 1.39 bits per heavy atom. The number of aromatic amines is 1. The van der Waals surface area contributed by atoms with E-state index in [0.717, 1.165) is 29.3 Å². The second kappa shape index (κ2) is 5.70. The number of hydrogen-bond donors (Lipinski definition) is 1. The highest BCUT2D eigenvalue weighted by Crippen LogP contribution is 2.42. The summed E-state index contributed by atoms with van der Waals surface area (Å²) < 4.78 is 0. The molecule has 0 aromatic carbocycles. The van der Waals surface area contributed by atoms with E-state index in [9.17, 15) is 4.79 Å². The van der Waals surface area contributed by atoms with Gasteiger partial charge in [-0.15, -0.1) is 11.8 Å². The first-order valence-corrected chi connectivity index (χ1v) is 8.38. The van der Waals surface area contributed by atoms with Crippen LogP contribution in [0.1, 0.15) is 43.1 Å². The molecule has 1 N–H and O–H groups in total. The number of rotatable bonds is 2. The second-order valence-corrected chi connectivity index (χ2v) is 7.74. The van der Waals surface area contributed by atoms with Gasteiger partial charge in [-0.25, -0.2) is 4.98 Å². The normalized spacial score (nSPS) is 28.3. The van der Waals surface area contributed by atoms with Crippen molar-refractivity contribution < 1.29 is 0 Å². The van der Waals surface area contributed by atoms with E-state index in [-0.39, 0.29) is 5.56 Å². The molecule has 0 saturated carbocycles. The van der Waals surface area contributed by atoms with Crippen molar-refractivity contribution in [3.8, 4) is 0 Å². The Kier molecular flexibility index (Phi) is 4.43. The summed E-state index contributed by atoms with van der Waals surface area (Å²) in [6.45, 7) is 8.41. The fraction of sp³-hybridized carbons (Fsp3) is 0.692. The number of nitrogens with zero attached hydrogens (tertiary/aromatic N) is 1. The van der Waals surface area contributed by atoms with Crippen molar-refractivity contribution in [3.05, 3.63) is 27.4 Å². The van der Waals surface area contributed by atoms with Gasteiger partial charge in [0, 0.05) is 21.8 Å². The Bertz CT molecular complexity index is 486. The largest absolute Gasteiger partial charge is 0.309 e. The number of hydrogen-bond acceptors (Lipinski definition) is 4. The third-order valence-corrected chi connectivity index (χ3v) is 6.86. The van der Waals surface area contributed by atoms with Gasteiger partial charge in [-0.05, 0) is 13.3 Å². The fourth-order valence-corrected chi connectivity index (χ4v) is 4.89. The van der Waals surface area contributed by atoms with Crippen LogP contribution in [0.3, 0.4) is 0 Å². The maximum Gasteiger partial charge on any atom is 0.254 e. The minimum absolute atomic E-state index is 0.0220. The number of nitrogens with one attached hydrogen (secondary N) is 1. The van der Waals surface area contributed by atoms with Gasteiger partial charge in [0.2, 0.25) is 0 Å². The average molecular weight is 284 g/mol. The maximum atomic E-state index is 11.9. The van der Waals surface area contributed by atoms with E-state index < -0.39 is 0 Å². The molecule has 1 aliphatic heterocycles. The first-order valence-electron chi connectivity index (χ1n) is 6.39. The molecule has 1 fully saturated rings. The topological polar surface area (TPSA) is 45.8 Å². The zero-order valence-corrected chi connectivity index (χ0v) is 13.0. The predicted molar refractivity (Wildman–Crippen MR) is 80.7 cm³/mol. The van der Waals surface area contributed by atoms with Gasteiger partial charge < -0.3 is 4.98 Å². The molecule has 18 heavy (non-hydrogen) atoms. The molecule has 1 aliphatic rings. The number of thioether (sulfide) groups is 2. The van der Waals surface area contributed by atoms with Crippen LogP contribution < -0.4 is 5.56 Å². The van der Waals surface area contributed by atoms with Crippen LogP contribution in [0.5, 0.6) is 0 Å². The Hall–Kier alpha value is -0.420. The van der Waals surface area contributed by atoms with Crippen LogP contribution in [0.15, 0.2) is 4.79 Å². The molecule has 1 aromatic rings. The van der Waals surface area contributed by atoms with Crippen molar-refractivity contribution in [2.45, 2.75) is 49.9 Å². The smallest absolute Gasteiger partial charge is 0.254 e. The van der Waals surface area contributed by atoms with Crippen LogP contribution >= 0.6 is 23.5 Å². The summed E-state index contributed by atoms with van der Waals surface area (Å²) in [4.78, 5) is 19.5. The molecule has 5 heteroatoms. The SMILES string of the molecule is CCc1nc(C2CSC(C)C(C)S2)[nH]c(=O)c1C. The molecule has 0 aliphatic carbocycles. The second-order valence-electron chi connectivity index (χ2n) is 4.74. The number of aryl methyl sites for hydroxylation is 1. The van der Waals surface area contributed by atoms with E-state index in [4.69, 9.17) is 0 Å². The Balaban J connectivity index is 2.29. The molecular weight excluding hydrogens is 264 g/mol. The van der Waals surface area contributed by atoms with Crippen molar-refractivity contribution in [3.63, 3.8) is 0 Å². The van der Waals surface area contributed by atoms with Crippen LogP contribution in [0, 0.1) is 6.92 Å². The lowest BCUT2D eigenvalue weighted by Gasteiger charge is -2.30. The zero-order valence-electron chi connectivity index (χ0n) is 11.3. The van der Waals surface area contributed by atoms with Crippen LogP contribution in [0.2, 0.25) is 0 Å². The number of H-pyrrole nitrogens is 1. The molecule has 3 atom stereocenters. The van der Waals surface area contributed by atoms with E-state index in [0.29, 0.717) is 15.7 Å². The van der Waals surface area contributed by atoms with Crippen molar-refractivity contribution in [1.82, 2.24) is 9.97 Å². The summed E-state index contributed by atoms with van der Waals surface area (Å²) in [6.07, 6.45) is 0.819. The van der Waals surface area contributed by atoms with Gasteiger partial charge in [-0.2, -0.15) is 11.8 Å². The zero-order chi connectivity index (χ0) is 13.3. The minimum Gasteiger partial charge on any atom is -0.309 e. The monoisotopic (exact) mass is 284 g/mol. The Morgan fingerprint density at radius 3 is 2.72 bits per heavy atom. The molecule has 0 bridgehead atoms. The molecule has 0 radical (unpaired) electrons. The average Bonchev–Trinajstić information content (AvgIpc) is 2.36. The molecule has 100 valence electrons. The molecule has 3 unspecified atom stereocenters.